The van der Waals surface area contributed by atoms with E-state index in [4.69, 9.17) is 5.10 Å². The van der Waals surface area contributed by atoms with Crippen LogP contribution in [0.25, 0.3) is 10.6 Å². The molecule has 0 saturated carbocycles. The van der Waals surface area contributed by atoms with E-state index in [-0.39, 0.29) is 17.1 Å². The summed E-state index contributed by atoms with van der Waals surface area (Å²) >= 11 is 3.15. The zero-order valence-corrected chi connectivity index (χ0v) is 19.3. The number of carboxylic acids is 1. The predicted octanol–water partition coefficient (Wildman–Crippen LogP) is 5.24. The molecule has 9 heteroatoms. The van der Waals surface area contributed by atoms with E-state index in [0.717, 1.165) is 51.1 Å². The number of hydrogen-bond acceptors (Lipinski definition) is 8. The van der Waals surface area contributed by atoms with Gasteiger partial charge in [0.25, 0.3) is 0 Å². The standard InChI is InChI=1S/C23H23N5O2S2/c1-12(2)20-19(22(29)30)26-21(32-20)13-7-8-15-14(11-13)16(9-10-24-15)27-28-23-25-17-5-3-4-6-18(17)31-23/h3-8,11-12,23-25,28H,9-10H2,1-2H3,(H,29,30)/b27-16+. The summed E-state index contributed by atoms with van der Waals surface area (Å²) in [4.78, 5) is 18.1. The first kappa shape index (κ1) is 20.8. The van der Waals surface area contributed by atoms with E-state index in [1.165, 1.54) is 16.2 Å². The van der Waals surface area contributed by atoms with Crippen LogP contribution in [0.15, 0.2) is 52.5 Å². The van der Waals surface area contributed by atoms with Gasteiger partial charge in [-0.25, -0.2) is 9.78 Å². The number of aromatic nitrogens is 1. The Morgan fingerprint density at radius 3 is 2.84 bits per heavy atom. The van der Waals surface area contributed by atoms with Crippen molar-refractivity contribution in [2.75, 3.05) is 17.2 Å². The molecule has 7 nitrogen and oxygen atoms in total. The number of thioether (sulfide) groups is 1. The minimum absolute atomic E-state index is 0.0212. The fourth-order valence-electron chi connectivity index (χ4n) is 3.82. The van der Waals surface area contributed by atoms with Crippen LogP contribution >= 0.6 is 23.1 Å². The number of fused-ring (bicyclic) bond motifs is 2. The quantitative estimate of drug-likeness (QED) is 0.382. The minimum Gasteiger partial charge on any atom is -0.476 e. The van der Waals surface area contributed by atoms with Gasteiger partial charge in [-0.1, -0.05) is 37.7 Å². The van der Waals surface area contributed by atoms with Crippen LogP contribution in [0.2, 0.25) is 0 Å². The van der Waals surface area contributed by atoms with Gasteiger partial charge >= 0.3 is 5.97 Å². The normalized spacial score (nSPS) is 18.1. The van der Waals surface area contributed by atoms with Crippen LogP contribution in [0.1, 0.15) is 47.1 Å². The van der Waals surface area contributed by atoms with Crippen molar-refractivity contribution in [2.45, 2.75) is 36.6 Å². The predicted molar refractivity (Wildman–Crippen MR) is 131 cm³/mol. The third-order valence-corrected chi connectivity index (χ3v) is 7.84. The van der Waals surface area contributed by atoms with Crippen molar-refractivity contribution >= 4 is 46.2 Å². The highest BCUT2D eigenvalue weighted by atomic mass is 32.2. The molecular formula is C23H23N5O2S2. The fourth-order valence-corrected chi connectivity index (χ4v) is 5.83. The lowest BCUT2D eigenvalue weighted by molar-refractivity contribution is 0.0690. The van der Waals surface area contributed by atoms with Crippen molar-refractivity contribution in [2.24, 2.45) is 5.10 Å². The van der Waals surface area contributed by atoms with Gasteiger partial charge in [0.05, 0.1) is 11.4 Å². The Bertz CT molecular complexity index is 1200. The number of nitrogens with zero attached hydrogens (tertiary/aromatic N) is 2. The maximum Gasteiger partial charge on any atom is 0.355 e. The maximum atomic E-state index is 11.6. The molecule has 0 bridgehead atoms. The van der Waals surface area contributed by atoms with Gasteiger partial charge < -0.3 is 15.7 Å². The second-order valence-electron chi connectivity index (χ2n) is 7.95. The lowest BCUT2D eigenvalue weighted by Crippen LogP contribution is -2.29. The molecule has 1 aromatic heterocycles. The Balaban J connectivity index is 1.42. The topological polar surface area (TPSA) is 98.6 Å². The van der Waals surface area contributed by atoms with Crippen LogP contribution in [0.5, 0.6) is 0 Å². The van der Waals surface area contributed by atoms with Crippen LogP contribution in [-0.4, -0.2) is 33.8 Å². The number of thiazole rings is 1. The van der Waals surface area contributed by atoms with Gasteiger partial charge in [-0.2, -0.15) is 5.10 Å². The second kappa shape index (κ2) is 8.48. The van der Waals surface area contributed by atoms with E-state index >= 15 is 0 Å². The van der Waals surface area contributed by atoms with Crippen molar-refractivity contribution in [3.05, 3.63) is 58.6 Å². The number of carboxylic acid groups (broad SMARTS) is 1. The molecule has 32 heavy (non-hydrogen) atoms. The Morgan fingerprint density at radius 1 is 1.25 bits per heavy atom. The molecule has 3 heterocycles. The molecule has 1 unspecified atom stereocenters. The average Bonchev–Trinajstić information content (AvgIpc) is 3.42. The lowest BCUT2D eigenvalue weighted by atomic mass is 9.99. The molecule has 2 aromatic carbocycles. The highest BCUT2D eigenvalue weighted by Gasteiger charge is 2.23. The van der Waals surface area contributed by atoms with E-state index in [9.17, 15) is 9.90 Å². The number of benzene rings is 2. The van der Waals surface area contributed by atoms with Crippen LogP contribution in [-0.2, 0) is 0 Å². The number of nitrogens with one attached hydrogen (secondary N) is 3. The summed E-state index contributed by atoms with van der Waals surface area (Å²) in [7, 11) is 0. The van der Waals surface area contributed by atoms with Gasteiger partial charge in [0.2, 0.25) is 0 Å². The van der Waals surface area contributed by atoms with E-state index in [1.807, 2.05) is 38.1 Å². The third-order valence-electron chi connectivity index (χ3n) is 5.37. The summed E-state index contributed by atoms with van der Waals surface area (Å²) in [5.74, 6) is -0.877. The summed E-state index contributed by atoms with van der Waals surface area (Å²) < 4.78 is 0. The Hall–Kier alpha value is -3.04. The first-order valence-corrected chi connectivity index (χ1v) is 12.2. The largest absolute Gasteiger partial charge is 0.476 e. The molecule has 3 aromatic rings. The number of carbonyl (C=O) groups is 1. The first-order valence-electron chi connectivity index (χ1n) is 10.5. The Morgan fingerprint density at radius 2 is 2.09 bits per heavy atom. The summed E-state index contributed by atoms with van der Waals surface area (Å²) in [5, 5.41) is 21.9. The highest BCUT2D eigenvalue weighted by molar-refractivity contribution is 8.00. The van der Waals surface area contributed by atoms with Crippen LogP contribution in [0, 0.1) is 0 Å². The highest BCUT2D eigenvalue weighted by Crippen LogP contribution is 2.37. The molecule has 0 spiro atoms. The number of para-hydroxylation sites is 1. The summed E-state index contributed by atoms with van der Waals surface area (Å²) in [6.45, 7) is 4.80. The minimum atomic E-state index is -0.982. The van der Waals surface area contributed by atoms with Crippen LogP contribution in [0.3, 0.4) is 0 Å². The summed E-state index contributed by atoms with van der Waals surface area (Å²) in [6, 6.07) is 14.3. The zero-order valence-electron chi connectivity index (χ0n) is 17.7. The third kappa shape index (κ3) is 3.93. The maximum absolute atomic E-state index is 11.6. The van der Waals surface area contributed by atoms with Crippen molar-refractivity contribution < 1.29 is 9.90 Å². The number of hydrazone groups is 1. The van der Waals surface area contributed by atoms with E-state index in [2.05, 4.69) is 39.2 Å². The van der Waals surface area contributed by atoms with E-state index in [1.54, 1.807) is 11.8 Å². The first-order chi connectivity index (χ1) is 15.5. The van der Waals surface area contributed by atoms with Crippen LogP contribution in [0.4, 0.5) is 11.4 Å². The molecule has 4 N–H and O–H groups in total. The fraction of sp³-hybridized carbons (Fsp3) is 0.261. The Labute approximate surface area is 194 Å². The van der Waals surface area contributed by atoms with Gasteiger partial charge in [-0.05, 0) is 36.2 Å². The molecule has 2 aliphatic rings. The second-order valence-corrected chi connectivity index (χ2v) is 10.1. The van der Waals surface area contributed by atoms with Gasteiger partial charge in [0, 0.05) is 39.6 Å². The molecular weight excluding hydrogens is 442 g/mol. The molecule has 0 aliphatic carbocycles. The SMILES string of the molecule is CC(C)c1sc(-c2ccc3c(c2)/C(=N/NC2Nc4ccccc4S2)CCN3)nc1C(=O)O. The number of rotatable bonds is 5. The average molecular weight is 466 g/mol. The number of hydrogen-bond donors (Lipinski definition) is 4. The zero-order chi connectivity index (χ0) is 22.2. The van der Waals surface area contributed by atoms with Crippen molar-refractivity contribution in [3.63, 3.8) is 0 Å². The van der Waals surface area contributed by atoms with Crippen molar-refractivity contribution in [1.82, 2.24) is 10.4 Å². The summed E-state index contributed by atoms with van der Waals surface area (Å²) in [5.41, 5.74) is 8.41. The van der Waals surface area contributed by atoms with Gasteiger partial charge in [0.15, 0.2) is 11.2 Å². The molecule has 164 valence electrons. The van der Waals surface area contributed by atoms with Crippen molar-refractivity contribution in [3.8, 4) is 10.6 Å². The van der Waals surface area contributed by atoms with Gasteiger partial charge in [0.1, 0.15) is 5.01 Å². The Kier molecular flexibility index (Phi) is 5.52. The molecule has 2 aliphatic heterocycles. The number of anilines is 2. The lowest BCUT2D eigenvalue weighted by Gasteiger charge is -2.21. The molecule has 1 atom stereocenters. The van der Waals surface area contributed by atoms with Gasteiger partial charge in [-0.3, -0.25) is 5.43 Å². The molecule has 0 fully saturated rings. The molecule has 0 amide bonds. The number of aromatic carboxylic acids is 1. The monoisotopic (exact) mass is 465 g/mol. The van der Waals surface area contributed by atoms with E-state index < -0.39 is 5.97 Å². The van der Waals surface area contributed by atoms with Crippen LogP contribution < -0.4 is 16.1 Å². The molecule has 5 rings (SSSR count). The van der Waals surface area contributed by atoms with Gasteiger partial charge in [-0.15, -0.1) is 11.3 Å². The molecule has 0 radical (unpaired) electrons. The molecule has 0 saturated heterocycles. The van der Waals surface area contributed by atoms with Crippen molar-refractivity contribution in [1.29, 1.82) is 0 Å². The smallest absolute Gasteiger partial charge is 0.355 e. The van der Waals surface area contributed by atoms with E-state index in [0.29, 0.717) is 0 Å². The summed E-state index contributed by atoms with van der Waals surface area (Å²) in [6.07, 6.45) is 0.795.